The van der Waals surface area contributed by atoms with Gasteiger partial charge in [-0.2, -0.15) is 0 Å². The highest BCUT2D eigenvalue weighted by molar-refractivity contribution is 7.18. The molecule has 6 heterocycles. The van der Waals surface area contributed by atoms with Crippen molar-refractivity contribution in [3.05, 3.63) is 192 Å². The van der Waals surface area contributed by atoms with Gasteiger partial charge < -0.3 is 18.9 Å². The fourth-order valence-electron chi connectivity index (χ4n) is 8.37. The normalized spacial score (nSPS) is 16.7. The molecule has 0 fully saturated rings. The summed E-state index contributed by atoms with van der Waals surface area (Å²) in [5.74, 6) is 2.27. The van der Waals surface area contributed by atoms with E-state index in [4.69, 9.17) is 28.9 Å². The Kier molecular flexibility index (Phi) is 11.0. The van der Waals surface area contributed by atoms with Gasteiger partial charge >= 0.3 is 0 Å². The number of nitrogens with zero attached hydrogens (tertiary/aromatic N) is 4. The molecule has 61 heavy (non-hydrogen) atoms. The molecule has 0 saturated heterocycles. The van der Waals surface area contributed by atoms with E-state index in [9.17, 15) is 4.39 Å². The monoisotopic (exact) mass is 844 g/mol. The Labute approximate surface area is 361 Å². The first kappa shape index (κ1) is 38.5. The standard InChI is InChI=1S/C50H41FN4O4S2/c51-38-18-16-37(17-19-38)40-33-61-46-21-23-53-50(48(40)46)55(42(44-31-57-25-27-59-44)29-35-12-6-2-7-13-35)54(41(43-30-56-24-26-58-43)28-34-10-4-1-5-11-34)49-47-39(36-14-8-3-9-15-36)32-60-45(47)20-22-52-49/h1-4,6,8-10,12,14-27,30-33,41-42H,5,7,11,13,28-29H2. The van der Waals surface area contributed by atoms with Crippen LogP contribution in [0.4, 0.5) is 16.0 Å². The van der Waals surface area contributed by atoms with Crippen LogP contribution in [0, 0.1) is 5.82 Å². The molecule has 2 atom stereocenters. The zero-order chi connectivity index (χ0) is 41.0. The van der Waals surface area contributed by atoms with Crippen LogP contribution in [0.3, 0.4) is 0 Å². The zero-order valence-electron chi connectivity index (χ0n) is 33.1. The quantitative estimate of drug-likeness (QED) is 0.107. The lowest BCUT2D eigenvalue weighted by Crippen LogP contribution is -2.57. The van der Waals surface area contributed by atoms with Gasteiger partial charge in [-0.15, -0.1) is 22.7 Å². The molecule has 2 aliphatic heterocycles. The fraction of sp³-hybridized carbons (Fsp3) is 0.160. The van der Waals surface area contributed by atoms with Crippen molar-refractivity contribution in [3.8, 4) is 22.3 Å². The van der Waals surface area contributed by atoms with E-state index in [0.717, 1.165) is 68.1 Å². The Morgan fingerprint density at radius 1 is 0.607 bits per heavy atom. The minimum Gasteiger partial charge on any atom is -0.466 e. The number of thiophene rings is 2. The van der Waals surface area contributed by atoms with Gasteiger partial charge in [-0.3, -0.25) is 10.0 Å². The molecule has 0 radical (unpaired) electrons. The van der Waals surface area contributed by atoms with Gasteiger partial charge in [0.15, 0.2) is 23.2 Å². The number of hydrogen-bond donors (Lipinski definition) is 0. The Morgan fingerprint density at radius 3 is 1.57 bits per heavy atom. The lowest BCUT2D eigenvalue weighted by Gasteiger charge is -2.47. The number of halogens is 1. The van der Waals surface area contributed by atoms with Crippen LogP contribution in [-0.2, 0) is 18.9 Å². The molecule has 0 saturated carbocycles. The highest BCUT2D eigenvalue weighted by atomic mass is 32.1. The van der Waals surface area contributed by atoms with E-state index in [0.29, 0.717) is 36.0 Å². The third kappa shape index (κ3) is 7.90. The van der Waals surface area contributed by atoms with Crippen LogP contribution >= 0.6 is 22.7 Å². The van der Waals surface area contributed by atoms with Crippen molar-refractivity contribution in [2.24, 2.45) is 0 Å². The molecule has 0 bridgehead atoms. The van der Waals surface area contributed by atoms with E-state index in [-0.39, 0.29) is 5.82 Å². The molecule has 0 spiro atoms. The van der Waals surface area contributed by atoms with Crippen LogP contribution < -0.4 is 10.0 Å². The van der Waals surface area contributed by atoms with Crippen molar-refractivity contribution in [2.75, 3.05) is 10.0 Å². The summed E-state index contributed by atoms with van der Waals surface area (Å²) in [5, 5.41) is 10.8. The maximum Gasteiger partial charge on any atom is 0.163 e. The molecule has 6 aromatic rings. The Bertz CT molecular complexity index is 2820. The van der Waals surface area contributed by atoms with Gasteiger partial charge in [-0.1, -0.05) is 90.1 Å². The number of pyridine rings is 2. The van der Waals surface area contributed by atoms with E-state index in [1.165, 1.54) is 35.8 Å². The summed E-state index contributed by atoms with van der Waals surface area (Å²) in [4.78, 5) is 10.7. The third-order valence-corrected chi connectivity index (χ3v) is 13.1. The van der Waals surface area contributed by atoms with Gasteiger partial charge in [0.2, 0.25) is 0 Å². The number of allylic oxidation sites excluding steroid dienone is 6. The number of ether oxygens (including phenoxy) is 4. The van der Waals surface area contributed by atoms with Crippen molar-refractivity contribution >= 4 is 54.5 Å². The van der Waals surface area contributed by atoms with Crippen LogP contribution in [0.25, 0.3) is 42.4 Å². The number of fused-ring (bicyclic) bond motifs is 2. The zero-order valence-corrected chi connectivity index (χ0v) is 34.7. The van der Waals surface area contributed by atoms with Gasteiger partial charge in [-0.25, -0.2) is 14.4 Å². The fourth-order valence-corrected chi connectivity index (χ4v) is 10.3. The van der Waals surface area contributed by atoms with Crippen LogP contribution in [0.2, 0.25) is 0 Å². The third-order valence-electron chi connectivity index (χ3n) is 11.2. The van der Waals surface area contributed by atoms with E-state index in [1.807, 2.05) is 36.7 Å². The first-order chi connectivity index (χ1) is 30.2. The average molecular weight is 845 g/mol. The van der Waals surface area contributed by atoms with Crippen LogP contribution in [0.5, 0.6) is 0 Å². The molecule has 0 amide bonds. The largest absolute Gasteiger partial charge is 0.466 e. The maximum absolute atomic E-state index is 14.5. The van der Waals surface area contributed by atoms with Crippen molar-refractivity contribution in [3.63, 3.8) is 0 Å². The topological polar surface area (TPSA) is 69.2 Å². The molecule has 2 aliphatic carbocycles. The predicted octanol–water partition coefficient (Wildman–Crippen LogP) is 13.4. The molecule has 4 aliphatic rings. The van der Waals surface area contributed by atoms with Gasteiger partial charge in [0.05, 0.1) is 0 Å². The Hall–Kier alpha value is -6.69. The summed E-state index contributed by atoms with van der Waals surface area (Å²) in [6, 6.07) is 20.2. The SMILES string of the molecule is Fc1ccc(-c2csc3ccnc(N(C(CC4=CC=CCC4)C4=COC=CO4)N(c4nccc5scc(-c6ccccc6)c45)C(CC4=CC=CCC4)C4=COC=CO4)c23)cc1. The van der Waals surface area contributed by atoms with E-state index >= 15 is 0 Å². The number of hydrogen-bond acceptors (Lipinski definition) is 10. The Morgan fingerprint density at radius 2 is 1.11 bits per heavy atom. The minimum atomic E-state index is -0.527. The molecule has 11 heteroatoms. The maximum atomic E-state index is 14.5. The number of anilines is 2. The summed E-state index contributed by atoms with van der Waals surface area (Å²) in [5.41, 5.74) is 6.45. The highest BCUT2D eigenvalue weighted by Gasteiger charge is 2.41. The molecule has 304 valence electrons. The van der Waals surface area contributed by atoms with E-state index < -0.39 is 12.1 Å². The smallest absolute Gasteiger partial charge is 0.163 e. The molecule has 4 aromatic heterocycles. The van der Waals surface area contributed by atoms with E-state index in [1.54, 1.807) is 47.7 Å². The van der Waals surface area contributed by atoms with Crippen molar-refractivity contribution in [1.82, 2.24) is 9.97 Å². The summed E-state index contributed by atoms with van der Waals surface area (Å²) < 4.78 is 41.4. The summed E-state index contributed by atoms with van der Waals surface area (Å²) in [6.07, 6.45) is 31.2. The van der Waals surface area contributed by atoms with Crippen LogP contribution in [0.15, 0.2) is 187 Å². The van der Waals surface area contributed by atoms with Crippen LogP contribution in [-0.4, -0.2) is 22.1 Å². The molecular formula is C50H41FN4O4S2. The van der Waals surface area contributed by atoms with Gasteiger partial charge in [-0.05, 0) is 84.7 Å². The average Bonchev–Trinajstić information content (AvgIpc) is 3.97. The van der Waals surface area contributed by atoms with E-state index in [2.05, 4.69) is 87.6 Å². The molecule has 8 nitrogen and oxygen atoms in total. The second kappa shape index (κ2) is 17.5. The van der Waals surface area contributed by atoms with Crippen LogP contribution in [0.1, 0.15) is 38.5 Å². The number of rotatable bonds is 13. The molecule has 2 aromatic carbocycles. The molecular weight excluding hydrogens is 804 g/mol. The lowest BCUT2D eigenvalue weighted by molar-refractivity contribution is 0.220. The highest BCUT2D eigenvalue weighted by Crippen LogP contribution is 2.47. The second-order valence-electron chi connectivity index (χ2n) is 15.0. The second-order valence-corrected chi connectivity index (χ2v) is 16.8. The number of benzene rings is 2. The molecule has 0 N–H and O–H groups in total. The van der Waals surface area contributed by atoms with Crippen molar-refractivity contribution in [1.29, 1.82) is 0 Å². The first-order valence-electron chi connectivity index (χ1n) is 20.4. The number of hydrazine groups is 1. The molecule has 10 rings (SSSR count). The summed E-state index contributed by atoms with van der Waals surface area (Å²) in [7, 11) is 0. The predicted molar refractivity (Wildman–Crippen MR) is 244 cm³/mol. The summed E-state index contributed by atoms with van der Waals surface area (Å²) >= 11 is 3.31. The van der Waals surface area contributed by atoms with Gasteiger partial charge in [0, 0.05) is 43.7 Å². The number of aromatic nitrogens is 2. The minimum absolute atomic E-state index is 0.297. The van der Waals surface area contributed by atoms with Gasteiger partial charge in [0.1, 0.15) is 55.5 Å². The molecule has 2 unspecified atom stereocenters. The van der Waals surface area contributed by atoms with Crippen molar-refractivity contribution < 1.29 is 23.3 Å². The lowest BCUT2D eigenvalue weighted by atomic mass is 9.94. The van der Waals surface area contributed by atoms with Crippen molar-refractivity contribution in [2.45, 2.75) is 50.6 Å². The van der Waals surface area contributed by atoms with Gasteiger partial charge in [0.25, 0.3) is 0 Å². The summed E-state index contributed by atoms with van der Waals surface area (Å²) in [6.45, 7) is 0. The first-order valence-corrected chi connectivity index (χ1v) is 22.1. The Balaban J connectivity index is 1.31.